The molecule has 1 aliphatic heterocycles. The Morgan fingerprint density at radius 3 is 2.52 bits per heavy atom. The lowest BCUT2D eigenvalue weighted by Gasteiger charge is -2.25. The van der Waals surface area contributed by atoms with Crippen molar-refractivity contribution in [3.8, 4) is 11.3 Å². The highest BCUT2D eigenvalue weighted by Crippen LogP contribution is 2.42. The average Bonchev–Trinajstić information content (AvgIpc) is 3.16. The van der Waals surface area contributed by atoms with E-state index in [9.17, 15) is 9.59 Å². The molecule has 23 heavy (non-hydrogen) atoms. The second kappa shape index (κ2) is 5.53. The summed E-state index contributed by atoms with van der Waals surface area (Å²) in [5, 5.41) is 5.90. The van der Waals surface area contributed by atoms with E-state index in [2.05, 4.69) is 16.5 Å². The van der Waals surface area contributed by atoms with E-state index in [1.807, 2.05) is 29.6 Å². The number of benzene rings is 1. The molecule has 2 amide bonds. The van der Waals surface area contributed by atoms with Crippen molar-refractivity contribution in [2.24, 2.45) is 17.8 Å². The van der Waals surface area contributed by atoms with Crippen LogP contribution in [0.25, 0.3) is 11.3 Å². The number of nitrogens with zero attached hydrogens (tertiary/aromatic N) is 3. The number of aromatic nitrogens is 2. The van der Waals surface area contributed by atoms with Crippen LogP contribution in [0.1, 0.15) is 26.2 Å². The number of carbonyl (C=O) groups excluding carboxylic acids is 2. The van der Waals surface area contributed by atoms with Gasteiger partial charge in [-0.2, -0.15) is 0 Å². The summed E-state index contributed by atoms with van der Waals surface area (Å²) in [4.78, 5) is 26.7. The highest BCUT2D eigenvalue weighted by Gasteiger charge is 2.49. The smallest absolute Gasteiger partial charge is 0.237 e. The lowest BCUT2D eigenvalue weighted by atomic mass is 9.76. The topological polar surface area (TPSA) is 63.2 Å². The summed E-state index contributed by atoms with van der Waals surface area (Å²) >= 11 is 1.30. The summed E-state index contributed by atoms with van der Waals surface area (Å²) in [5.41, 5.74) is 2.41. The normalized spacial score (nSPS) is 27.3. The van der Waals surface area contributed by atoms with Gasteiger partial charge in [0.15, 0.2) is 0 Å². The van der Waals surface area contributed by atoms with Crippen molar-refractivity contribution in [2.45, 2.75) is 26.2 Å². The van der Waals surface area contributed by atoms with Crippen molar-refractivity contribution in [2.75, 3.05) is 4.90 Å². The first-order valence-electron chi connectivity index (χ1n) is 7.90. The lowest BCUT2D eigenvalue weighted by molar-refractivity contribution is -0.122. The van der Waals surface area contributed by atoms with E-state index in [1.165, 1.54) is 16.4 Å². The molecule has 1 saturated heterocycles. The minimum atomic E-state index is -0.131. The fourth-order valence-electron chi connectivity index (χ4n) is 3.72. The van der Waals surface area contributed by atoms with Crippen LogP contribution in [0.4, 0.5) is 5.69 Å². The molecule has 1 aromatic heterocycles. The summed E-state index contributed by atoms with van der Waals surface area (Å²) in [5.74, 6) is 0.201. The Balaban J connectivity index is 1.62. The third-order valence-corrected chi connectivity index (χ3v) is 5.47. The third kappa shape index (κ3) is 2.37. The predicted molar refractivity (Wildman–Crippen MR) is 87.8 cm³/mol. The van der Waals surface area contributed by atoms with Crippen molar-refractivity contribution in [3.63, 3.8) is 0 Å². The monoisotopic (exact) mass is 327 g/mol. The second-order valence-electron chi connectivity index (χ2n) is 6.48. The van der Waals surface area contributed by atoms with Crippen LogP contribution in [0.5, 0.6) is 0 Å². The van der Waals surface area contributed by atoms with E-state index in [1.54, 1.807) is 0 Å². The molecule has 118 valence electrons. The molecule has 2 aromatic rings. The zero-order valence-electron chi connectivity index (χ0n) is 12.8. The van der Waals surface area contributed by atoms with Gasteiger partial charge in [-0.25, -0.2) is 0 Å². The van der Waals surface area contributed by atoms with Crippen LogP contribution in [0.3, 0.4) is 0 Å². The fourth-order valence-corrected chi connectivity index (χ4v) is 4.18. The van der Waals surface area contributed by atoms with E-state index in [4.69, 9.17) is 0 Å². The zero-order chi connectivity index (χ0) is 16.0. The molecule has 4 rings (SSSR count). The van der Waals surface area contributed by atoms with Crippen LogP contribution in [0.2, 0.25) is 0 Å². The van der Waals surface area contributed by atoms with Gasteiger partial charge in [0.25, 0.3) is 0 Å². The predicted octanol–water partition coefficient (Wildman–Crippen LogP) is 3.13. The van der Waals surface area contributed by atoms with Crippen LogP contribution < -0.4 is 4.90 Å². The van der Waals surface area contributed by atoms with Crippen LogP contribution in [0.15, 0.2) is 29.6 Å². The minimum absolute atomic E-state index is 0.0324. The molecule has 2 aliphatic rings. The van der Waals surface area contributed by atoms with Gasteiger partial charge in [-0.05, 0) is 48.8 Å². The summed E-state index contributed by atoms with van der Waals surface area (Å²) < 4.78 is 3.85. The molecule has 3 atom stereocenters. The zero-order valence-corrected chi connectivity index (χ0v) is 13.6. The van der Waals surface area contributed by atoms with E-state index in [0.717, 1.165) is 30.5 Å². The highest BCUT2D eigenvalue weighted by atomic mass is 32.1. The van der Waals surface area contributed by atoms with E-state index in [-0.39, 0.29) is 23.7 Å². The maximum absolute atomic E-state index is 12.7. The van der Waals surface area contributed by atoms with Crippen LogP contribution >= 0.6 is 11.5 Å². The summed E-state index contributed by atoms with van der Waals surface area (Å²) in [6.45, 7) is 2.16. The Kier molecular flexibility index (Phi) is 3.49. The molecule has 1 aromatic carbocycles. The molecule has 1 aliphatic carbocycles. The molecular formula is C17H17N3O2S. The number of hydrogen-bond donors (Lipinski definition) is 0. The number of anilines is 1. The molecule has 6 heteroatoms. The van der Waals surface area contributed by atoms with Gasteiger partial charge in [0.1, 0.15) is 5.69 Å². The van der Waals surface area contributed by atoms with Crippen LogP contribution in [-0.4, -0.2) is 21.4 Å². The van der Waals surface area contributed by atoms with Gasteiger partial charge < -0.3 is 0 Å². The molecule has 2 heterocycles. The van der Waals surface area contributed by atoms with Gasteiger partial charge in [0.05, 0.1) is 17.5 Å². The first-order chi connectivity index (χ1) is 11.1. The Hall–Kier alpha value is -2.08. The van der Waals surface area contributed by atoms with Crippen molar-refractivity contribution < 1.29 is 9.59 Å². The van der Waals surface area contributed by atoms with Crippen molar-refractivity contribution in [3.05, 3.63) is 29.6 Å². The maximum atomic E-state index is 12.7. The molecule has 2 fully saturated rings. The standard InChI is InChI=1S/C17H17N3O2S/c1-10-2-7-13-14(8-10)17(22)20(16(13)21)12-5-3-11(4-6-12)15-9-23-19-18-15/h3-6,9-10,13-14H,2,7-8H2,1H3/t10-,13-,14+/m1/s1. The number of amides is 2. The Morgan fingerprint density at radius 1 is 1.09 bits per heavy atom. The number of imide groups is 1. The van der Waals surface area contributed by atoms with Gasteiger partial charge in [0.2, 0.25) is 11.8 Å². The number of hydrogen-bond acceptors (Lipinski definition) is 5. The van der Waals surface area contributed by atoms with Gasteiger partial charge in [-0.1, -0.05) is 23.5 Å². The van der Waals surface area contributed by atoms with Gasteiger partial charge in [-0.3, -0.25) is 14.5 Å². The molecule has 0 spiro atoms. The molecule has 0 unspecified atom stereocenters. The summed E-state index contributed by atoms with van der Waals surface area (Å²) in [7, 11) is 0. The van der Waals surface area contributed by atoms with Gasteiger partial charge in [0, 0.05) is 10.9 Å². The Labute approximate surface area is 138 Å². The molecule has 0 bridgehead atoms. The van der Waals surface area contributed by atoms with Gasteiger partial charge >= 0.3 is 0 Å². The molecule has 0 N–H and O–H groups in total. The third-order valence-electron chi connectivity index (χ3n) is 4.97. The fraction of sp³-hybridized carbons (Fsp3) is 0.412. The summed E-state index contributed by atoms with van der Waals surface area (Å²) in [6.07, 6.45) is 2.69. The first-order valence-corrected chi connectivity index (χ1v) is 8.74. The SMILES string of the molecule is C[C@@H]1CC[C@H]2C(=O)N(c3ccc(-c4csnn4)cc3)C(=O)[C@H]2C1. The Morgan fingerprint density at radius 2 is 1.83 bits per heavy atom. The largest absolute Gasteiger partial charge is 0.274 e. The minimum Gasteiger partial charge on any atom is -0.274 e. The Bertz CT molecular complexity index is 742. The average molecular weight is 327 g/mol. The van der Waals surface area contributed by atoms with E-state index >= 15 is 0 Å². The second-order valence-corrected chi connectivity index (χ2v) is 7.09. The quantitative estimate of drug-likeness (QED) is 0.795. The van der Waals surface area contributed by atoms with E-state index in [0.29, 0.717) is 11.6 Å². The number of carbonyl (C=O) groups is 2. The van der Waals surface area contributed by atoms with Crippen LogP contribution in [0, 0.1) is 17.8 Å². The number of fused-ring (bicyclic) bond motifs is 1. The first kappa shape index (κ1) is 14.5. The van der Waals surface area contributed by atoms with Crippen molar-refractivity contribution >= 4 is 29.0 Å². The van der Waals surface area contributed by atoms with Crippen molar-refractivity contribution in [1.29, 1.82) is 0 Å². The molecule has 1 saturated carbocycles. The maximum Gasteiger partial charge on any atom is 0.237 e. The lowest BCUT2D eigenvalue weighted by Crippen LogP contribution is -2.30. The van der Waals surface area contributed by atoms with Crippen LogP contribution in [-0.2, 0) is 9.59 Å². The van der Waals surface area contributed by atoms with Crippen molar-refractivity contribution in [1.82, 2.24) is 9.59 Å². The highest BCUT2D eigenvalue weighted by molar-refractivity contribution is 7.03. The number of rotatable bonds is 2. The molecular weight excluding hydrogens is 310 g/mol. The molecule has 5 nitrogen and oxygen atoms in total. The van der Waals surface area contributed by atoms with Gasteiger partial charge in [-0.15, -0.1) is 5.10 Å². The summed E-state index contributed by atoms with van der Waals surface area (Å²) in [6, 6.07) is 7.42. The molecule has 0 radical (unpaired) electrons. The van der Waals surface area contributed by atoms with E-state index < -0.39 is 0 Å².